The van der Waals surface area contributed by atoms with Crippen LogP contribution in [0.25, 0.3) is 0 Å². The fourth-order valence-electron chi connectivity index (χ4n) is 2.11. The number of carbonyl (C=O) groups excluding carboxylic acids is 2. The van der Waals surface area contributed by atoms with Crippen molar-refractivity contribution >= 4 is 23.6 Å². The quantitative estimate of drug-likeness (QED) is 0.738. The Morgan fingerprint density at radius 2 is 2.06 bits per heavy atom. The van der Waals surface area contributed by atoms with Gasteiger partial charge in [-0.25, -0.2) is 0 Å². The lowest BCUT2D eigenvalue weighted by Crippen LogP contribution is -2.48. The monoisotopic (exact) mass is 274 g/mol. The van der Waals surface area contributed by atoms with Gasteiger partial charge in [-0.3, -0.25) is 9.59 Å². The van der Waals surface area contributed by atoms with Crippen molar-refractivity contribution in [3.63, 3.8) is 0 Å². The van der Waals surface area contributed by atoms with E-state index in [1.807, 2.05) is 6.26 Å². The number of ether oxygens (including phenoxy) is 1. The van der Waals surface area contributed by atoms with Gasteiger partial charge in [-0.15, -0.1) is 0 Å². The molecule has 0 aromatic carbocycles. The molecule has 1 saturated heterocycles. The van der Waals surface area contributed by atoms with E-state index in [0.717, 1.165) is 5.75 Å². The Bertz CT molecular complexity index is 291. The van der Waals surface area contributed by atoms with Crippen molar-refractivity contribution < 1.29 is 14.3 Å². The van der Waals surface area contributed by atoms with Gasteiger partial charge in [-0.2, -0.15) is 11.8 Å². The molecular formula is C12H22N2O3S. The van der Waals surface area contributed by atoms with Gasteiger partial charge in [0.25, 0.3) is 0 Å². The minimum absolute atomic E-state index is 0.00682. The van der Waals surface area contributed by atoms with E-state index in [1.54, 1.807) is 16.7 Å². The zero-order chi connectivity index (χ0) is 13.5. The topological polar surface area (TPSA) is 72.6 Å². The first-order valence-electron chi connectivity index (χ1n) is 6.21. The molecule has 0 aromatic rings. The van der Waals surface area contributed by atoms with Gasteiger partial charge in [0.2, 0.25) is 5.91 Å². The molecule has 18 heavy (non-hydrogen) atoms. The lowest BCUT2D eigenvalue weighted by Gasteiger charge is -2.32. The second-order valence-corrected chi connectivity index (χ2v) is 5.50. The molecule has 0 spiro atoms. The predicted octanol–water partition coefficient (Wildman–Crippen LogP) is 0.478. The molecule has 1 aliphatic heterocycles. The summed E-state index contributed by atoms with van der Waals surface area (Å²) in [6.45, 7) is 1.21. The molecule has 1 heterocycles. The predicted molar refractivity (Wildman–Crippen MR) is 72.3 cm³/mol. The van der Waals surface area contributed by atoms with Crippen LogP contribution < -0.4 is 5.73 Å². The molecule has 0 aromatic heterocycles. The molecule has 6 heteroatoms. The lowest BCUT2D eigenvalue weighted by molar-refractivity contribution is -0.149. The van der Waals surface area contributed by atoms with Gasteiger partial charge in [0.1, 0.15) is 0 Å². The molecule has 0 radical (unpaired) electrons. The molecule has 1 atom stereocenters. The third-order valence-electron chi connectivity index (χ3n) is 3.29. The van der Waals surface area contributed by atoms with Crippen LogP contribution >= 0.6 is 11.8 Å². The van der Waals surface area contributed by atoms with Crippen molar-refractivity contribution in [2.24, 2.45) is 11.7 Å². The SMILES string of the molecule is COC(=O)C1CCN(C(=O)[C@@H](N)CCSC)CC1. The molecule has 1 rings (SSSR count). The first-order chi connectivity index (χ1) is 8.60. The number of hydrogen-bond donors (Lipinski definition) is 1. The lowest BCUT2D eigenvalue weighted by atomic mass is 9.96. The van der Waals surface area contributed by atoms with E-state index >= 15 is 0 Å². The Labute approximate surface area is 112 Å². The maximum atomic E-state index is 12.0. The van der Waals surface area contributed by atoms with E-state index in [0.29, 0.717) is 32.4 Å². The van der Waals surface area contributed by atoms with Gasteiger partial charge in [0.05, 0.1) is 19.1 Å². The summed E-state index contributed by atoms with van der Waals surface area (Å²) in [6, 6.07) is -0.410. The van der Waals surface area contributed by atoms with Crippen molar-refractivity contribution in [3.8, 4) is 0 Å². The Balaban J connectivity index is 2.37. The van der Waals surface area contributed by atoms with E-state index in [-0.39, 0.29) is 17.8 Å². The number of thioether (sulfide) groups is 1. The summed E-state index contributed by atoms with van der Waals surface area (Å²) in [7, 11) is 1.40. The summed E-state index contributed by atoms with van der Waals surface area (Å²) in [5.74, 6) is 0.661. The van der Waals surface area contributed by atoms with Gasteiger partial charge in [-0.1, -0.05) is 0 Å². The van der Waals surface area contributed by atoms with Crippen LogP contribution in [0, 0.1) is 5.92 Å². The van der Waals surface area contributed by atoms with Crippen LogP contribution in [0.2, 0.25) is 0 Å². The molecule has 1 amide bonds. The van der Waals surface area contributed by atoms with E-state index in [1.165, 1.54) is 7.11 Å². The zero-order valence-electron chi connectivity index (χ0n) is 11.1. The number of piperidine rings is 1. The molecule has 104 valence electrons. The third kappa shape index (κ3) is 4.17. The molecule has 5 nitrogen and oxygen atoms in total. The number of rotatable bonds is 5. The summed E-state index contributed by atoms with van der Waals surface area (Å²) >= 11 is 1.69. The first kappa shape index (κ1) is 15.3. The van der Waals surface area contributed by atoms with Crippen LogP contribution in [0.5, 0.6) is 0 Å². The highest BCUT2D eigenvalue weighted by Gasteiger charge is 2.29. The van der Waals surface area contributed by atoms with Gasteiger partial charge >= 0.3 is 5.97 Å². The van der Waals surface area contributed by atoms with E-state index in [2.05, 4.69) is 0 Å². The average Bonchev–Trinajstić information content (AvgIpc) is 2.43. The molecule has 0 aliphatic carbocycles. The molecule has 2 N–H and O–H groups in total. The highest BCUT2D eigenvalue weighted by molar-refractivity contribution is 7.98. The summed E-state index contributed by atoms with van der Waals surface area (Å²) in [5, 5.41) is 0. The first-order valence-corrected chi connectivity index (χ1v) is 7.60. The van der Waals surface area contributed by atoms with Gasteiger partial charge < -0.3 is 15.4 Å². The fourth-order valence-corrected chi connectivity index (χ4v) is 2.59. The molecular weight excluding hydrogens is 252 g/mol. The van der Waals surface area contributed by atoms with Crippen LogP contribution in [-0.2, 0) is 14.3 Å². The van der Waals surface area contributed by atoms with Gasteiger partial charge in [-0.05, 0) is 31.3 Å². The van der Waals surface area contributed by atoms with Crippen molar-refractivity contribution in [2.45, 2.75) is 25.3 Å². The number of methoxy groups -OCH3 is 1. The minimum Gasteiger partial charge on any atom is -0.469 e. The van der Waals surface area contributed by atoms with Gasteiger partial charge in [0.15, 0.2) is 0 Å². The molecule has 0 saturated carbocycles. The van der Waals surface area contributed by atoms with Crippen molar-refractivity contribution in [2.75, 3.05) is 32.2 Å². The smallest absolute Gasteiger partial charge is 0.308 e. The van der Waals surface area contributed by atoms with Crippen LogP contribution in [0.15, 0.2) is 0 Å². The maximum absolute atomic E-state index is 12.0. The van der Waals surface area contributed by atoms with E-state index in [9.17, 15) is 9.59 Å². The van der Waals surface area contributed by atoms with Crippen LogP contribution in [0.4, 0.5) is 0 Å². The normalized spacial score (nSPS) is 18.5. The molecule has 1 fully saturated rings. The Kier molecular flexibility index (Phi) is 6.49. The summed E-state index contributed by atoms with van der Waals surface area (Å²) in [5.41, 5.74) is 5.86. The second kappa shape index (κ2) is 7.63. The van der Waals surface area contributed by atoms with Gasteiger partial charge in [0, 0.05) is 13.1 Å². The number of nitrogens with two attached hydrogens (primary N) is 1. The van der Waals surface area contributed by atoms with Crippen LogP contribution in [-0.4, -0.2) is 55.0 Å². The minimum atomic E-state index is -0.410. The van der Waals surface area contributed by atoms with Crippen LogP contribution in [0.3, 0.4) is 0 Å². The summed E-state index contributed by atoms with van der Waals surface area (Å²) in [4.78, 5) is 25.2. The highest BCUT2D eigenvalue weighted by atomic mass is 32.2. The number of hydrogen-bond acceptors (Lipinski definition) is 5. The third-order valence-corrected chi connectivity index (χ3v) is 3.94. The molecule has 1 aliphatic rings. The fraction of sp³-hybridized carbons (Fsp3) is 0.833. The average molecular weight is 274 g/mol. The highest BCUT2D eigenvalue weighted by Crippen LogP contribution is 2.19. The van der Waals surface area contributed by atoms with Crippen LogP contribution in [0.1, 0.15) is 19.3 Å². The standard InChI is InChI=1S/C12H22N2O3S/c1-17-12(16)9-3-6-14(7-4-9)11(15)10(13)5-8-18-2/h9-10H,3-8,13H2,1-2H3/t10-/m0/s1. The summed E-state index contributed by atoms with van der Waals surface area (Å²) < 4.78 is 4.72. The maximum Gasteiger partial charge on any atom is 0.308 e. The molecule has 0 bridgehead atoms. The zero-order valence-corrected chi connectivity index (χ0v) is 11.9. The number of esters is 1. The number of nitrogens with zero attached hydrogens (tertiary/aromatic N) is 1. The Morgan fingerprint density at radius 3 is 2.56 bits per heavy atom. The summed E-state index contributed by atoms with van der Waals surface area (Å²) in [6.07, 6.45) is 4.05. The van der Waals surface area contributed by atoms with E-state index < -0.39 is 6.04 Å². The number of amides is 1. The van der Waals surface area contributed by atoms with E-state index in [4.69, 9.17) is 10.5 Å². The van der Waals surface area contributed by atoms with Crippen molar-refractivity contribution in [1.29, 1.82) is 0 Å². The number of likely N-dealkylation sites (tertiary alicyclic amines) is 1. The van der Waals surface area contributed by atoms with Crippen molar-refractivity contribution in [1.82, 2.24) is 4.90 Å². The Hall–Kier alpha value is -0.750. The van der Waals surface area contributed by atoms with Crippen molar-refractivity contribution in [3.05, 3.63) is 0 Å². The second-order valence-electron chi connectivity index (χ2n) is 4.51. The number of carbonyl (C=O) groups is 2. The largest absolute Gasteiger partial charge is 0.469 e. The Morgan fingerprint density at radius 1 is 1.44 bits per heavy atom. The molecule has 0 unspecified atom stereocenters.